The minimum atomic E-state index is 0.259. The molecule has 8 nitrogen and oxygen atoms in total. The average molecular weight is 361 g/mol. The van der Waals surface area contributed by atoms with E-state index in [1.807, 2.05) is 35.9 Å². The second kappa shape index (κ2) is 7.87. The van der Waals surface area contributed by atoms with Gasteiger partial charge < -0.3 is 21.3 Å². The number of likely N-dealkylation sites (N-methyl/N-ethyl adjacent to an activating group) is 2. The Balaban J connectivity index is 0.000000151. The zero-order chi connectivity index (χ0) is 18.8. The van der Waals surface area contributed by atoms with E-state index >= 15 is 0 Å². The van der Waals surface area contributed by atoms with E-state index in [1.54, 1.807) is 0 Å². The summed E-state index contributed by atoms with van der Waals surface area (Å²) in [5.41, 5.74) is 14.6. The monoisotopic (exact) mass is 360 g/mol. The molecule has 8 heteroatoms. The molecule has 144 valence electrons. The van der Waals surface area contributed by atoms with Crippen molar-refractivity contribution in [1.29, 1.82) is 0 Å². The average Bonchev–Trinajstić information content (AvgIpc) is 3.31. The van der Waals surface area contributed by atoms with Gasteiger partial charge in [-0.2, -0.15) is 10.2 Å². The molecule has 4 heterocycles. The highest BCUT2D eigenvalue weighted by Gasteiger charge is 2.30. The lowest BCUT2D eigenvalue weighted by atomic mass is 9.98. The highest BCUT2D eigenvalue weighted by molar-refractivity contribution is 5.18. The highest BCUT2D eigenvalue weighted by atomic mass is 15.2. The molecule has 0 unspecified atom stereocenters. The molecule has 4 N–H and O–H groups in total. The van der Waals surface area contributed by atoms with Gasteiger partial charge in [-0.25, -0.2) is 0 Å². The first kappa shape index (κ1) is 19.0. The Morgan fingerprint density at radius 3 is 1.35 bits per heavy atom. The molecule has 2 aliphatic rings. The first-order chi connectivity index (χ1) is 12.3. The van der Waals surface area contributed by atoms with E-state index in [2.05, 4.69) is 46.5 Å². The van der Waals surface area contributed by atoms with Gasteiger partial charge in [0.2, 0.25) is 0 Å². The van der Waals surface area contributed by atoms with E-state index in [4.69, 9.17) is 11.5 Å². The molecule has 0 aliphatic carbocycles. The predicted octanol–water partition coefficient (Wildman–Crippen LogP) is -0.447. The van der Waals surface area contributed by atoms with Crippen molar-refractivity contribution < 1.29 is 0 Å². The van der Waals surface area contributed by atoms with Crippen molar-refractivity contribution in [2.75, 3.05) is 40.3 Å². The van der Waals surface area contributed by atoms with Gasteiger partial charge in [0.15, 0.2) is 0 Å². The van der Waals surface area contributed by atoms with Crippen molar-refractivity contribution in [1.82, 2.24) is 29.4 Å². The van der Waals surface area contributed by atoms with Crippen LogP contribution in [0.5, 0.6) is 0 Å². The van der Waals surface area contributed by atoms with E-state index < -0.39 is 0 Å². The van der Waals surface area contributed by atoms with Crippen molar-refractivity contribution >= 4 is 0 Å². The third-order valence-electron chi connectivity index (χ3n) is 5.40. The van der Waals surface area contributed by atoms with Crippen LogP contribution in [0.1, 0.15) is 23.0 Å². The third kappa shape index (κ3) is 4.32. The van der Waals surface area contributed by atoms with Gasteiger partial charge in [0.05, 0.1) is 12.4 Å². The summed E-state index contributed by atoms with van der Waals surface area (Å²) < 4.78 is 3.67. The minimum absolute atomic E-state index is 0.259. The Bertz CT molecular complexity index is 647. The fourth-order valence-electron chi connectivity index (χ4n) is 4.03. The van der Waals surface area contributed by atoms with Crippen LogP contribution in [0.2, 0.25) is 0 Å². The van der Waals surface area contributed by atoms with Crippen LogP contribution in [0.4, 0.5) is 0 Å². The normalized spacial score (nSPS) is 29.8. The number of aryl methyl sites for hydroxylation is 2. The van der Waals surface area contributed by atoms with E-state index in [0.29, 0.717) is 11.8 Å². The second-order valence-electron chi connectivity index (χ2n) is 7.88. The molecular formula is C18H32N8. The lowest BCUT2D eigenvalue weighted by molar-refractivity contribution is 0.407. The standard InChI is InChI=1S/2C9H16N4/c2*1-12-5-8(9(10)6-12)7-3-11-13(2)4-7/h2*3-4,8-9H,5-6,10H2,1-2H3/t2*8-,9+/m10/s1. The zero-order valence-corrected chi connectivity index (χ0v) is 16.3. The Hall–Kier alpha value is -1.74. The molecule has 0 amide bonds. The van der Waals surface area contributed by atoms with Gasteiger partial charge >= 0.3 is 0 Å². The summed E-state index contributed by atoms with van der Waals surface area (Å²) in [6.45, 7) is 4.07. The second-order valence-corrected chi connectivity index (χ2v) is 7.88. The summed E-state index contributed by atoms with van der Waals surface area (Å²) in [5, 5.41) is 8.33. The fourth-order valence-corrected chi connectivity index (χ4v) is 4.03. The maximum absolute atomic E-state index is 6.03. The van der Waals surface area contributed by atoms with Crippen LogP contribution >= 0.6 is 0 Å². The molecule has 2 aromatic rings. The predicted molar refractivity (Wildman–Crippen MR) is 103 cm³/mol. The lowest BCUT2D eigenvalue weighted by Crippen LogP contribution is -2.27. The van der Waals surface area contributed by atoms with Gasteiger partial charge in [-0.1, -0.05) is 0 Å². The maximum Gasteiger partial charge on any atom is 0.0525 e. The number of nitrogens with zero attached hydrogens (tertiary/aromatic N) is 6. The van der Waals surface area contributed by atoms with E-state index in [1.165, 1.54) is 11.1 Å². The van der Waals surface area contributed by atoms with Crippen LogP contribution in [-0.4, -0.2) is 81.7 Å². The molecular weight excluding hydrogens is 328 g/mol. The number of likely N-dealkylation sites (tertiary alicyclic amines) is 2. The van der Waals surface area contributed by atoms with E-state index in [-0.39, 0.29) is 12.1 Å². The van der Waals surface area contributed by atoms with Crippen LogP contribution in [0.3, 0.4) is 0 Å². The molecule has 0 aromatic carbocycles. The molecule has 4 rings (SSSR count). The maximum atomic E-state index is 6.03. The molecule has 0 saturated carbocycles. The molecule has 2 aromatic heterocycles. The number of aromatic nitrogens is 4. The van der Waals surface area contributed by atoms with Crippen LogP contribution in [0.15, 0.2) is 24.8 Å². The van der Waals surface area contributed by atoms with Gasteiger partial charge in [0.1, 0.15) is 0 Å². The van der Waals surface area contributed by atoms with Crippen LogP contribution < -0.4 is 11.5 Å². The summed E-state index contributed by atoms with van der Waals surface area (Å²) in [5.74, 6) is 0.914. The van der Waals surface area contributed by atoms with Crippen molar-refractivity contribution in [3.8, 4) is 0 Å². The Kier molecular flexibility index (Phi) is 5.76. The summed E-state index contributed by atoms with van der Waals surface area (Å²) in [6, 6.07) is 0.517. The van der Waals surface area contributed by atoms with Gasteiger partial charge in [0, 0.05) is 76.6 Å². The number of hydrogen-bond donors (Lipinski definition) is 2. The summed E-state index contributed by atoms with van der Waals surface area (Å²) >= 11 is 0. The summed E-state index contributed by atoms with van der Waals surface area (Å²) in [6.07, 6.45) is 7.96. The number of nitrogens with two attached hydrogens (primary N) is 2. The highest BCUT2D eigenvalue weighted by Crippen LogP contribution is 2.25. The molecule has 2 saturated heterocycles. The number of rotatable bonds is 2. The Morgan fingerprint density at radius 1 is 0.731 bits per heavy atom. The minimum Gasteiger partial charge on any atom is -0.326 e. The van der Waals surface area contributed by atoms with Crippen molar-refractivity contribution in [2.45, 2.75) is 23.9 Å². The quantitative estimate of drug-likeness (QED) is 0.754. The third-order valence-corrected chi connectivity index (χ3v) is 5.40. The summed E-state index contributed by atoms with van der Waals surface area (Å²) in [7, 11) is 8.09. The van der Waals surface area contributed by atoms with Gasteiger partial charge in [-0.05, 0) is 25.2 Å². The van der Waals surface area contributed by atoms with Crippen LogP contribution in [-0.2, 0) is 14.1 Å². The van der Waals surface area contributed by atoms with E-state index in [9.17, 15) is 0 Å². The van der Waals surface area contributed by atoms with E-state index in [0.717, 1.165) is 26.2 Å². The SMILES string of the molecule is CN1C[C@@H](N)[C@H](c2cnn(C)c2)C1.CN1C[C@H](c2cnn(C)c2)[C@@H](N)C1. The van der Waals surface area contributed by atoms with Crippen LogP contribution in [0, 0.1) is 0 Å². The Morgan fingerprint density at radius 2 is 1.12 bits per heavy atom. The molecule has 0 radical (unpaired) electrons. The van der Waals surface area contributed by atoms with Gasteiger partial charge in [-0.3, -0.25) is 9.36 Å². The molecule has 2 fully saturated rings. The first-order valence-corrected chi connectivity index (χ1v) is 9.18. The Labute approximate surface area is 155 Å². The van der Waals surface area contributed by atoms with Gasteiger partial charge in [-0.15, -0.1) is 0 Å². The van der Waals surface area contributed by atoms with Crippen molar-refractivity contribution in [2.24, 2.45) is 25.6 Å². The zero-order valence-electron chi connectivity index (χ0n) is 16.3. The molecule has 26 heavy (non-hydrogen) atoms. The molecule has 0 spiro atoms. The van der Waals surface area contributed by atoms with Crippen molar-refractivity contribution in [3.05, 3.63) is 35.9 Å². The smallest absolute Gasteiger partial charge is 0.0525 e. The molecule has 2 aliphatic heterocycles. The largest absolute Gasteiger partial charge is 0.326 e. The molecule has 4 atom stereocenters. The molecule has 0 bridgehead atoms. The number of hydrogen-bond acceptors (Lipinski definition) is 6. The summed E-state index contributed by atoms with van der Waals surface area (Å²) in [4.78, 5) is 4.53. The topological polar surface area (TPSA) is 94.2 Å². The van der Waals surface area contributed by atoms with Crippen molar-refractivity contribution in [3.63, 3.8) is 0 Å². The van der Waals surface area contributed by atoms with Crippen LogP contribution in [0.25, 0.3) is 0 Å². The fraction of sp³-hybridized carbons (Fsp3) is 0.667. The van der Waals surface area contributed by atoms with Gasteiger partial charge in [0.25, 0.3) is 0 Å². The first-order valence-electron chi connectivity index (χ1n) is 9.18. The lowest BCUT2D eigenvalue weighted by Gasteiger charge is -2.10.